The number of aromatic nitrogens is 4. The molecule has 0 unspecified atom stereocenters. The number of carbonyl (C=O) groups is 1. The average Bonchev–Trinajstić information content (AvgIpc) is 2.86. The normalized spacial score (nSPS) is 13.3. The molecule has 0 bridgehead atoms. The Labute approximate surface area is 188 Å². The third kappa shape index (κ3) is 3.75. The standard InChI is InChI=1S/C24H20F2N6O/c1-27-24(33)19-9-15-4-2-6-30-21(15)23(31-19)32-7-3-5-14-8-17(16-11-28-13-29-12-16)18(22(25)26)10-20(14)32/h2,4,6,8-13,22H,3,5,7H2,1H3,(H,27,33). The molecule has 4 heterocycles. The van der Waals surface area contributed by atoms with Crippen molar-refractivity contribution in [3.8, 4) is 11.1 Å². The van der Waals surface area contributed by atoms with Gasteiger partial charge in [0.05, 0.1) is 0 Å². The molecule has 3 aromatic heterocycles. The molecule has 7 nitrogen and oxygen atoms in total. The van der Waals surface area contributed by atoms with Crippen LogP contribution in [0.5, 0.6) is 0 Å². The van der Waals surface area contributed by atoms with Crippen LogP contribution in [-0.2, 0) is 6.42 Å². The van der Waals surface area contributed by atoms with Crippen LogP contribution in [0.2, 0.25) is 0 Å². The molecule has 0 aliphatic carbocycles. The highest BCUT2D eigenvalue weighted by atomic mass is 19.3. The molecular formula is C24H20F2N6O. The number of benzene rings is 1. The van der Waals surface area contributed by atoms with E-state index in [-0.39, 0.29) is 17.2 Å². The number of hydrogen-bond acceptors (Lipinski definition) is 6. The molecule has 1 aliphatic heterocycles. The molecule has 0 radical (unpaired) electrons. The van der Waals surface area contributed by atoms with E-state index in [0.29, 0.717) is 34.7 Å². The first-order valence-electron chi connectivity index (χ1n) is 10.5. The van der Waals surface area contributed by atoms with Crippen molar-refractivity contribution in [2.24, 2.45) is 0 Å². The van der Waals surface area contributed by atoms with Crippen LogP contribution in [-0.4, -0.2) is 39.4 Å². The van der Waals surface area contributed by atoms with Gasteiger partial charge in [-0.05, 0) is 48.2 Å². The zero-order chi connectivity index (χ0) is 22.9. The van der Waals surface area contributed by atoms with E-state index in [1.165, 1.54) is 31.8 Å². The Morgan fingerprint density at radius 3 is 2.76 bits per heavy atom. The number of nitrogens with one attached hydrogen (secondary N) is 1. The van der Waals surface area contributed by atoms with E-state index in [2.05, 4.69) is 25.3 Å². The third-order valence-electron chi connectivity index (χ3n) is 5.76. The SMILES string of the molecule is CNC(=O)c1cc2cccnc2c(N2CCCc3cc(-c4cncnc4)c(C(F)F)cc32)n1. The van der Waals surface area contributed by atoms with Crippen LogP contribution in [0, 0.1) is 0 Å². The van der Waals surface area contributed by atoms with Gasteiger partial charge in [-0.25, -0.2) is 23.7 Å². The Hall–Kier alpha value is -4.01. The maximum absolute atomic E-state index is 14.1. The molecule has 1 aliphatic rings. The summed E-state index contributed by atoms with van der Waals surface area (Å²) in [7, 11) is 1.54. The molecule has 9 heteroatoms. The monoisotopic (exact) mass is 446 g/mol. The fourth-order valence-electron chi connectivity index (χ4n) is 4.24. The van der Waals surface area contributed by atoms with Gasteiger partial charge in [-0.1, -0.05) is 6.07 Å². The van der Waals surface area contributed by atoms with Gasteiger partial charge in [0.25, 0.3) is 12.3 Å². The van der Waals surface area contributed by atoms with Gasteiger partial charge in [-0.15, -0.1) is 0 Å². The van der Waals surface area contributed by atoms with Crippen LogP contribution >= 0.6 is 0 Å². The number of anilines is 2. The van der Waals surface area contributed by atoms with Crippen molar-refractivity contribution >= 4 is 28.3 Å². The molecule has 0 fully saturated rings. The lowest BCUT2D eigenvalue weighted by atomic mass is 9.93. The molecule has 4 aromatic rings. The Morgan fingerprint density at radius 1 is 1.18 bits per heavy atom. The molecule has 0 atom stereocenters. The van der Waals surface area contributed by atoms with Gasteiger partial charge < -0.3 is 10.2 Å². The highest BCUT2D eigenvalue weighted by Gasteiger charge is 2.27. The molecule has 0 saturated carbocycles. The van der Waals surface area contributed by atoms with Crippen molar-refractivity contribution in [2.75, 3.05) is 18.5 Å². The van der Waals surface area contributed by atoms with Gasteiger partial charge in [0.1, 0.15) is 17.5 Å². The molecule has 33 heavy (non-hydrogen) atoms. The van der Waals surface area contributed by atoms with Gasteiger partial charge in [-0.2, -0.15) is 0 Å². The van der Waals surface area contributed by atoms with Gasteiger partial charge in [0, 0.05) is 54.4 Å². The van der Waals surface area contributed by atoms with Crippen LogP contribution in [0.4, 0.5) is 20.3 Å². The van der Waals surface area contributed by atoms with E-state index in [1.54, 1.807) is 24.4 Å². The highest BCUT2D eigenvalue weighted by molar-refractivity contribution is 6.00. The van der Waals surface area contributed by atoms with Crippen LogP contribution in [0.25, 0.3) is 22.0 Å². The number of carbonyl (C=O) groups excluding carboxylic acids is 1. The number of pyridine rings is 2. The van der Waals surface area contributed by atoms with Gasteiger partial charge in [0.15, 0.2) is 5.82 Å². The molecule has 0 spiro atoms. The zero-order valence-corrected chi connectivity index (χ0v) is 17.8. The molecule has 166 valence electrons. The molecule has 1 amide bonds. The number of amides is 1. The minimum Gasteiger partial charge on any atom is -0.354 e. The Morgan fingerprint density at radius 2 is 2.00 bits per heavy atom. The summed E-state index contributed by atoms with van der Waals surface area (Å²) in [6, 6.07) is 8.63. The van der Waals surface area contributed by atoms with Crippen LogP contribution in [0.3, 0.4) is 0 Å². The lowest BCUT2D eigenvalue weighted by Gasteiger charge is -2.32. The minimum absolute atomic E-state index is 0.102. The maximum atomic E-state index is 14.1. The summed E-state index contributed by atoms with van der Waals surface area (Å²) in [6.45, 7) is 0.569. The van der Waals surface area contributed by atoms with E-state index in [4.69, 9.17) is 0 Å². The number of alkyl halides is 2. The van der Waals surface area contributed by atoms with E-state index in [1.807, 2.05) is 11.0 Å². The molecular weight excluding hydrogens is 426 g/mol. The number of aryl methyl sites for hydroxylation is 1. The van der Waals surface area contributed by atoms with Gasteiger partial charge in [-0.3, -0.25) is 9.78 Å². The third-order valence-corrected chi connectivity index (χ3v) is 5.76. The lowest BCUT2D eigenvalue weighted by Crippen LogP contribution is -2.27. The number of fused-ring (bicyclic) bond motifs is 2. The number of nitrogens with zero attached hydrogens (tertiary/aromatic N) is 5. The summed E-state index contributed by atoms with van der Waals surface area (Å²) < 4.78 is 28.3. The molecule has 0 saturated heterocycles. The summed E-state index contributed by atoms with van der Waals surface area (Å²) in [6.07, 6.45) is 4.94. The van der Waals surface area contributed by atoms with E-state index >= 15 is 0 Å². The Bertz CT molecular complexity index is 1350. The van der Waals surface area contributed by atoms with Crippen molar-refractivity contribution in [3.05, 3.63) is 72.1 Å². The van der Waals surface area contributed by atoms with Crippen molar-refractivity contribution in [3.63, 3.8) is 0 Å². The summed E-state index contributed by atoms with van der Waals surface area (Å²) in [4.78, 5) is 31.3. The zero-order valence-electron chi connectivity index (χ0n) is 17.8. The minimum atomic E-state index is -2.69. The summed E-state index contributed by atoms with van der Waals surface area (Å²) in [5.74, 6) is 0.149. The highest BCUT2D eigenvalue weighted by Crippen LogP contribution is 2.41. The Balaban J connectivity index is 1.72. The van der Waals surface area contributed by atoms with Crippen LogP contribution in [0.1, 0.15) is 34.5 Å². The van der Waals surface area contributed by atoms with Crippen LogP contribution in [0.15, 0.2) is 55.2 Å². The fraction of sp³-hybridized carbons (Fsp3) is 0.208. The van der Waals surface area contributed by atoms with Crippen LogP contribution < -0.4 is 10.2 Å². The molecule has 1 N–H and O–H groups in total. The van der Waals surface area contributed by atoms with Gasteiger partial charge >= 0.3 is 0 Å². The first-order valence-corrected chi connectivity index (χ1v) is 10.5. The van der Waals surface area contributed by atoms with Crippen molar-refractivity contribution in [1.29, 1.82) is 0 Å². The second kappa shape index (κ2) is 8.50. The molecule has 1 aromatic carbocycles. The number of rotatable bonds is 4. The van der Waals surface area contributed by atoms with Crippen molar-refractivity contribution in [1.82, 2.24) is 25.3 Å². The summed E-state index contributed by atoms with van der Waals surface area (Å²) in [5, 5.41) is 3.34. The largest absolute Gasteiger partial charge is 0.354 e. The summed E-state index contributed by atoms with van der Waals surface area (Å²) in [5.41, 5.74) is 3.27. The number of hydrogen-bond donors (Lipinski definition) is 1. The van der Waals surface area contributed by atoms with E-state index in [0.717, 1.165) is 23.8 Å². The van der Waals surface area contributed by atoms with Gasteiger partial charge in [0.2, 0.25) is 0 Å². The smallest absolute Gasteiger partial charge is 0.269 e. The Kier molecular flexibility index (Phi) is 5.37. The quantitative estimate of drug-likeness (QED) is 0.498. The predicted molar refractivity (Wildman–Crippen MR) is 121 cm³/mol. The lowest BCUT2D eigenvalue weighted by molar-refractivity contribution is 0.0958. The molecule has 5 rings (SSSR count). The van der Waals surface area contributed by atoms with E-state index < -0.39 is 6.43 Å². The second-order valence-electron chi connectivity index (χ2n) is 7.74. The first-order chi connectivity index (χ1) is 16.1. The fourth-order valence-corrected chi connectivity index (χ4v) is 4.24. The van der Waals surface area contributed by atoms with Crippen molar-refractivity contribution < 1.29 is 13.6 Å². The summed E-state index contributed by atoms with van der Waals surface area (Å²) >= 11 is 0. The first kappa shape index (κ1) is 20.9. The average molecular weight is 446 g/mol. The van der Waals surface area contributed by atoms with E-state index in [9.17, 15) is 13.6 Å². The van der Waals surface area contributed by atoms with Crippen molar-refractivity contribution in [2.45, 2.75) is 19.3 Å². The topological polar surface area (TPSA) is 83.9 Å². The second-order valence-corrected chi connectivity index (χ2v) is 7.74. The predicted octanol–water partition coefficient (Wildman–Crippen LogP) is 4.47. The number of halogens is 2. The maximum Gasteiger partial charge on any atom is 0.269 e.